The molecule has 0 saturated heterocycles. The van der Waals surface area contributed by atoms with Crippen LogP contribution in [0.5, 0.6) is 5.75 Å². The molecule has 6 nitrogen and oxygen atoms in total. The van der Waals surface area contributed by atoms with Crippen molar-refractivity contribution in [2.75, 3.05) is 0 Å². The van der Waals surface area contributed by atoms with Crippen LogP contribution in [0.3, 0.4) is 0 Å². The highest BCUT2D eigenvalue weighted by atomic mass is 16.4. The molecule has 0 aromatic heterocycles. The van der Waals surface area contributed by atoms with Gasteiger partial charge in [0.1, 0.15) is 5.75 Å². The molecule has 0 aliphatic carbocycles. The lowest BCUT2D eigenvalue weighted by molar-refractivity contribution is -0.136. The van der Waals surface area contributed by atoms with Crippen LogP contribution in [0.15, 0.2) is 52.7 Å². The lowest BCUT2D eigenvalue weighted by Crippen LogP contribution is -2.13. The van der Waals surface area contributed by atoms with E-state index in [0.29, 0.717) is 23.4 Å². The smallest absolute Gasteiger partial charge is 0.307 e. The van der Waals surface area contributed by atoms with Crippen LogP contribution in [0.4, 0.5) is 11.4 Å². The minimum atomic E-state index is -0.952. The Bertz CT molecular complexity index is 851. The summed E-state index contributed by atoms with van der Waals surface area (Å²) in [4.78, 5) is 23.3. The molecular formula is C20H22N2O4. The normalized spacial score (nSPS) is 11.7. The van der Waals surface area contributed by atoms with Crippen LogP contribution in [0.1, 0.15) is 43.1 Å². The second kappa shape index (κ2) is 7.91. The van der Waals surface area contributed by atoms with Crippen LogP contribution in [0.25, 0.3) is 0 Å². The number of carboxylic acids is 1. The summed E-state index contributed by atoms with van der Waals surface area (Å²) in [5, 5.41) is 27.1. The number of carboxylic acid groups (broad SMARTS) is 1. The maximum atomic E-state index is 12.4. The summed E-state index contributed by atoms with van der Waals surface area (Å²) in [7, 11) is 0. The van der Waals surface area contributed by atoms with Crippen LogP contribution in [0, 0.1) is 5.41 Å². The van der Waals surface area contributed by atoms with Crippen molar-refractivity contribution >= 4 is 23.1 Å². The Labute approximate surface area is 152 Å². The van der Waals surface area contributed by atoms with E-state index in [1.807, 2.05) is 20.8 Å². The van der Waals surface area contributed by atoms with Crippen LogP contribution >= 0.6 is 0 Å². The Morgan fingerprint density at radius 3 is 2.38 bits per heavy atom. The first-order valence-electron chi connectivity index (χ1n) is 8.23. The molecule has 2 aromatic carbocycles. The standard InChI is InChI=1S/C20H22N2O4/c1-20(2,3)12-18(24)15-11-14(8-9-17(15)23)21-22-16-7-5-4-6-13(16)10-19(25)26/h4-9,11,23H,10,12H2,1-3H3,(H,25,26). The molecule has 0 radical (unpaired) electrons. The lowest BCUT2D eigenvalue weighted by Gasteiger charge is -2.17. The second-order valence-corrected chi connectivity index (χ2v) is 7.26. The quantitative estimate of drug-likeness (QED) is 0.560. The molecule has 2 rings (SSSR count). The summed E-state index contributed by atoms with van der Waals surface area (Å²) < 4.78 is 0. The maximum Gasteiger partial charge on any atom is 0.307 e. The number of nitrogens with zero attached hydrogens (tertiary/aromatic N) is 2. The SMILES string of the molecule is CC(C)(C)CC(=O)c1cc(N=Nc2ccccc2CC(=O)O)ccc1O. The fraction of sp³-hybridized carbons (Fsp3) is 0.300. The van der Waals surface area contributed by atoms with Crippen LogP contribution < -0.4 is 0 Å². The number of carbonyl (C=O) groups is 2. The Hall–Kier alpha value is -3.02. The number of rotatable bonds is 6. The number of aliphatic carboxylic acids is 1. The number of azo groups is 1. The summed E-state index contributed by atoms with van der Waals surface area (Å²) in [5.74, 6) is -1.21. The molecule has 2 aromatic rings. The molecule has 26 heavy (non-hydrogen) atoms. The highest BCUT2D eigenvalue weighted by Gasteiger charge is 2.20. The molecular weight excluding hydrogens is 332 g/mol. The van der Waals surface area contributed by atoms with Crippen molar-refractivity contribution in [3.63, 3.8) is 0 Å². The average Bonchev–Trinajstić information content (AvgIpc) is 2.53. The predicted octanol–water partition coefficient (Wildman–Crippen LogP) is 5.05. The highest BCUT2D eigenvalue weighted by molar-refractivity contribution is 5.99. The van der Waals surface area contributed by atoms with Crippen LogP contribution in [-0.2, 0) is 11.2 Å². The van der Waals surface area contributed by atoms with Crippen LogP contribution in [0.2, 0.25) is 0 Å². The van der Waals surface area contributed by atoms with Gasteiger partial charge in [-0.15, -0.1) is 0 Å². The maximum absolute atomic E-state index is 12.4. The number of aromatic hydroxyl groups is 1. The third-order valence-corrected chi connectivity index (χ3v) is 3.58. The molecule has 0 spiro atoms. The summed E-state index contributed by atoms with van der Waals surface area (Å²) in [6, 6.07) is 11.3. The van der Waals surface area contributed by atoms with E-state index >= 15 is 0 Å². The predicted molar refractivity (Wildman–Crippen MR) is 98.5 cm³/mol. The van der Waals surface area contributed by atoms with Gasteiger partial charge in [0.25, 0.3) is 0 Å². The van der Waals surface area contributed by atoms with Crippen molar-refractivity contribution in [3.8, 4) is 5.75 Å². The first kappa shape index (κ1) is 19.3. The van der Waals surface area contributed by atoms with Crippen molar-refractivity contribution < 1.29 is 19.8 Å². The van der Waals surface area contributed by atoms with Gasteiger partial charge in [0.2, 0.25) is 0 Å². The van der Waals surface area contributed by atoms with Crippen molar-refractivity contribution in [2.45, 2.75) is 33.6 Å². The number of phenols is 1. The van der Waals surface area contributed by atoms with Gasteiger partial charge in [0.15, 0.2) is 5.78 Å². The van der Waals surface area contributed by atoms with Crippen molar-refractivity contribution in [1.82, 2.24) is 0 Å². The first-order valence-corrected chi connectivity index (χ1v) is 8.23. The van der Waals surface area contributed by atoms with Crippen molar-refractivity contribution in [2.24, 2.45) is 15.6 Å². The summed E-state index contributed by atoms with van der Waals surface area (Å²) >= 11 is 0. The molecule has 6 heteroatoms. The van der Waals surface area contributed by atoms with E-state index in [1.165, 1.54) is 12.1 Å². The van der Waals surface area contributed by atoms with Gasteiger partial charge in [-0.05, 0) is 35.2 Å². The van der Waals surface area contributed by atoms with E-state index in [1.54, 1.807) is 30.3 Å². The minimum Gasteiger partial charge on any atom is -0.507 e. The molecule has 0 heterocycles. The topological polar surface area (TPSA) is 99.3 Å². The number of hydrogen-bond acceptors (Lipinski definition) is 5. The lowest BCUT2D eigenvalue weighted by atomic mass is 9.87. The van der Waals surface area contributed by atoms with Gasteiger partial charge >= 0.3 is 5.97 Å². The Morgan fingerprint density at radius 2 is 1.73 bits per heavy atom. The van der Waals surface area contributed by atoms with E-state index < -0.39 is 5.97 Å². The third kappa shape index (κ3) is 5.51. The number of benzene rings is 2. The number of hydrogen-bond donors (Lipinski definition) is 2. The molecule has 0 fully saturated rings. The molecule has 0 saturated carbocycles. The van der Waals surface area contributed by atoms with E-state index in [0.717, 1.165) is 0 Å². The second-order valence-electron chi connectivity index (χ2n) is 7.26. The molecule has 0 amide bonds. The zero-order valence-corrected chi connectivity index (χ0v) is 15.1. The average molecular weight is 354 g/mol. The van der Waals surface area contributed by atoms with E-state index in [4.69, 9.17) is 5.11 Å². The van der Waals surface area contributed by atoms with Gasteiger partial charge in [0, 0.05) is 6.42 Å². The minimum absolute atomic E-state index is 0.0931. The molecule has 0 bridgehead atoms. The molecule has 0 unspecified atom stereocenters. The molecule has 0 aliphatic rings. The summed E-state index contributed by atoms with van der Waals surface area (Å²) in [5.41, 5.74) is 1.41. The largest absolute Gasteiger partial charge is 0.507 e. The Kier molecular flexibility index (Phi) is 5.87. The molecule has 2 N–H and O–H groups in total. The number of carbonyl (C=O) groups excluding carboxylic acids is 1. The molecule has 136 valence electrons. The Balaban J connectivity index is 2.28. The van der Waals surface area contributed by atoms with Crippen LogP contribution in [-0.4, -0.2) is 22.0 Å². The van der Waals surface area contributed by atoms with E-state index in [-0.39, 0.29) is 28.9 Å². The van der Waals surface area contributed by atoms with Gasteiger partial charge < -0.3 is 10.2 Å². The zero-order chi connectivity index (χ0) is 19.3. The third-order valence-electron chi connectivity index (χ3n) is 3.58. The number of phenolic OH excluding ortho intramolecular Hbond substituents is 1. The fourth-order valence-corrected chi connectivity index (χ4v) is 2.42. The molecule has 0 aliphatic heterocycles. The van der Waals surface area contributed by atoms with Gasteiger partial charge in [-0.3, -0.25) is 9.59 Å². The van der Waals surface area contributed by atoms with Gasteiger partial charge in [-0.2, -0.15) is 10.2 Å². The van der Waals surface area contributed by atoms with Crippen molar-refractivity contribution in [3.05, 3.63) is 53.6 Å². The van der Waals surface area contributed by atoms with Crippen molar-refractivity contribution in [1.29, 1.82) is 0 Å². The Morgan fingerprint density at radius 1 is 1.04 bits per heavy atom. The summed E-state index contributed by atoms with van der Waals surface area (Å²) in [6.07, 6.45) is 0.142. The van der Waals surface area contributed by atoms with Gasteiger partial charge in [0.05, 0.1) is 23.4 Å². The molecule has 0 atom stereocenters. The van der Waals surface area contributed by atoms with E-state index in [2.05, 4.69) is 10.2 Å². The first-order chi connectivity index (χ1) is 12.2. The highest BCUT2D eigenvalue weighted by Crippen LogP contribution is 2.30. The van der Waals surface area contributed by atoms with Gasteiger partial charge in [-0.25, -0.2) is 0 Å². The number of Topliss-reactive ketones (excluding diaryl/α,β-unsaturated/α-hetero) is 1. The monoisotopic (exact) mass is 354 g/mol. The van der Waals surface area contributed by atoms with Gasteiger partial charge in [-0.1, -0.05) is 39.0 Å². The van der Waals surface area contributed by atoms with E-state index in [9.17, 15) is 14.7 Å². The fourth-order valence-electron chi connectivity index (χ4n) is 2.42. The number of ketones is 1. The summed E-state index contributed by atoms with van der Waals surface area (Å²) in [6.45, 7) is 5.85. The zero-order valence-electron chi connectivity index (χ0n) is 15.1.